The van der Waals surface area contributed by atoms with E-state index in [1.807, 2.05) is 0 Å². The van der Waals surface area contributed by atoms with Crippen LogP contribution in [0.15, 0.2) is 12.1 Å². The maximum absolute atomic E-state index is 11.1. The summed E-state index contributed by atoms with van der Waals surface area (Å²) in [6.45, 7) is 3.51. The highest BCUT2D eigenvalue weighted by atomic mass is 32.2. The molecule has 0 bridgehead atoms. The number of carbonyl (C=O) groups is 1. The van der Waals surface area contributed by atoms with Crippen molar-refractivity contribution in [2.75, 3.05) is 11.0 Å². The molecule has 0 unspecified atom stereocenters. The minimum atomic E-state index is -3.36. The molecule has 0 heterocycles. The number of nitrogens with one attached hydrogen (secondary N) is 1. The molecule has 0 radical (unpaired) electrons. The summed E-state index contributed by atoms with van der Waals surface area (Å²) in [6, 6.07) is 3.34. The van der Waals surface area contributed by atoms with Gasteiger partial charge in [-0.05, 0) is 36.6 Å². The molecule has 0 aromatic heterocycles. The van der Waals surface area contributed by atoms with Crippen LogP contribution in [0.25, 0.3) is 0 Å². The monoisotopic (exact) mass is 257 g/mol. The van der Waals surface area contributed by atoms with Crippen molar-refractivity contribution in [3.05, 3.63) is 28.8 Å². The standard InChI is InChI=1S/C11H15NO4S/c1-7-4-5-10(12-17(3,15)16)8(2)9(7)6-11(13)14/h4-5,12H,6H2,1-3H3,(H,13,14). The number of rotatable bonds is 4. The van der Waals surface area contributed by atoms with Crippen LogP contribution < -0.4 is 4.72 Å². The van der Waals surface area contributed by atoms with Crippen LogP contribution in [0.4, 0.5) is 5.69 Å². The minimum Gasteiger partial charge on any atom is -0.481 e. The van der Waals surface area contributed by atoms with Crippen LogP contribution in [0.1, 0.15) is 16.7 Å². The number of anilines is 1. The summed E-state index contributed by atoms with van der Waals surface area (Å²) < 4.78 is 24.7. The number of aliphatic carboxylic acids is 1. The molecule has 94 valence electrons. The Hall–Kier alpha value is -1.56. The molecule has 0 spiro atoms. The molecule has 1 rings (SSSR count). The maximum atomic E-state index is 11.1. The Labute approximate surface area is 101 Å². The van der Waals surface area contributed by atoms with Crippen LogP contribution in [-0.4, -0.2) is 25.7 Å². The third-order valence-electron chi connectivity index (χ3n) is 2.46. The number of benzene rings is 1. The summed E-state index contributed by atoms with van der Waals surface area (Å²) in [5, 5.41) is 8.80. The van der Waals surface area contributed by atoms with Gasteiger partial charge >= 0.3 is 5.97 Å². The molecule has 0 amide bonds. The number of carboxylic acids is 1. The van der Waals surface area contributed by atoms with E-state index in [4.69, 9.17) is 5.11 Å². The van der Waals surface area contributed by atoms with Crippen molar-refractivity contribution in [3.63, 3.8) is 0 Å². The van der Waals surface area contributed by atoms with E-state index in [-0.39, 0.29) is 6.42 Å². The van der Waals surface area contributed by atoms with E-state index >= 15 is 0 Å². The first kappa shape index (κ1) is 13.5. The first-order valence-corrected chi connectivity index (χ1v) is 6.88. The molecule has 5 nitrogen and oxygen atoms in total. The lowest BCUT2D eigenvalue weighted by atomic mass is 9.99. The lowest BCUT2D eigenvalue weighted by Crippen LogP contribution is -2.12. The Bertz CT molecular complexity index is 549. The summed E-state index contributed by atoms with van der Waals surface area (Å²) in [6.07, 6.45) is 0.945. The molecule has 6 heteroatoms. The SMILES string of the molecule is Cc1ccc(NS(C)(=O)=O)c(C)c1CC(=O)O. The van der Waals surface area contributed by atoms with E-state index in [1.54, 1.807) is 26.0 Å². The maximum Gasteiger partial charge on any atom is 0.307 e. The van der Waals surface area contributed by atoms with Gasteiger partial charge in [0.05, 0.1) is 18.4 Å². The van der Waals surface area contributed by atoms with Gasteiger partial charge in [-0.1, -0.05) is 6.07 Å². The number of aryl methyl sites for hydroxylation is 1. The Kier molecular flexibility index (Phi) is 3.77. The van der Waals surface area contributed by atoms with E-state index in [2.05, 4.69) is 4.72 Å². The molecule has 0 fully saturated rings. The second-order valence-corrected chi connectivity index (χ2v) is 5.73. The summed E-state index contributed by atoms with van der Waals surface area (Å²) in [7, 11) is -3.36. The molecule has 0 aliphatic heterocycles. The van der Waals surface area contributed by atoms with E-state index in [1.165, 1.54) is 0 Å². The third kappa shape index (κ3) is 3.74. The predicted molar refractivity (Wildman–Crippen MR) is 65.7 cm³/mol. The molecule has 0 saturated carbocycles. The van der Waals surface area contributed by atoms with Crippen LogP contribution in [-0.2, 0) is 21.2 Å². The van der Waals surface area contributed by atoms with Crippen LogP contribution in [0.2, 0.25) is 0 Å². The molecule has 1 aromatic rings. The van der Waals surface area contributed by atoms with Gasteiger partial charge in [-0.15, -0.1) is 0 Å². The normalized spacial score (nSPS) is 11.2. The quantitative estimate of drug-likeness (QED) is 0.851. The average molecular weight is 257 g/mol. The van der Waals surface area contributed by atoms with E-state index < -0.39 is 16.0 Å². The van der Waals surface area contributed by atoms with Crippen molar-refractivity contribution in [3.8, 4) is 0 Å². The Morgan fingerprint density at radius 3 is 2.41 bits per heavy atom. The van der Waals surface area contributed by atoms with Gasteiger partial charge < -0.3 is 5.11 Å². The molecule has 0 atom stereocenters. The fourth-order valence-corrected chi connectivity index (χ4v) is 2.25. The lowest BCUT2D eigenvalue weighted by Gasteiger charge is -2.13. The second kappa shape index (κ2) is 4.75. The number of sulfonamides is 1. The number of carboxylic acid groups (broad SMARTS) is 1. The summed E-state index contributed by atoms with van der Waals surface area (Å²) in [5.41, 5.74) is 2.56. The van der Waals surface area contributed by atoms with Crippen molar-refractivity contribution in [2.45, 2.75) is 20.3 Å². The highest BCUT2D eigenvalue weighted by Gasteiger charge is 2.12. The smallest absolute Gasteiger partial charge is 0.307 e. The van der Waals surface area contributed by atoms with Gasteiger partial charge in [0.25, 0.3) is 0 Å². The lowest BCUT2D eigenvalue weighted by molar-refractivity contribution is -0.136. The van der Waals surface area contributed by atoms with Crippen LogP contribution >= 0.6 is 0 Å². The highest BCUT2D eigenvalue weighted by molar-refractivity contribution is 7.92. The van der Waals surface area contributed by atoms with E-state index in [9.17, 15) is 13.2 Å². The molecule has 1 aromatic carbocycles. The molecule has 2 N–H and O–H groups in total. The second-order valence-electron chi connectivity index (χ2n) is 3.98. The fourth-order valence-electron chi connectivity index (χ4n) is 1.63. The average Bonchev–Trinajstić information content (AvgIpc) is 2.15. The summed E-state index contributed by atoms with van der Waals surface area (Å²) >= 11 is 0. The van der Waals surface area contributed by atoms with Gasteiger partial charge in [0.15, 0.2) is 0 Å². The van der Waals surface area contributed by atoms with Crippen molar-refractivity contribution in [2.24, 2.45) is 0 Å². The molecule has 0 aliphatic carbocycles. The van der Waals surface area contributed by atoms with Crippen molar-refractivity contribution < 1.29 is 18.3 Å². The number of hydrogen-bond acceptors (Lipinski definition) is 3. The zero-order chi connectivity index (χ0) is 13.2. The fraction of sp³-hybridized carbons (Fsp3) is 0.364. The van der Waals surface area contributed by atoms with Gasteiger partial charge in [0.2, 0.25) is 10.0 Å². The zero-order valence-electron chi connectivity index (χ0n) is 9.94. The van der Waals surface area contributed by atoms with E-state index in [0.717, 1.165) is 11.8 Å². The van der Waals surface area contributed by atoms with Crippen LogP contribution in [0.5, 0.6) is 0 Å². The molecule has 0 saturated heterocycles. The first-order valence-electron chi connectivity index (χ1n) is 4.99. The number of hydrogen-bond donors (Lipinski definition) is 2. The van der Waals surface area contributed by atoms with Crippen molar-refractivity contribution >= 4 is 21.7 Å². The summed E-state index contributed by atoms with van der Waals surface area (Å²) in [5.74, 6) is -0.937. The molecule has 17 heavy (non-hydrogen) atoms. The molecular weight excluding hydrogens is 242 g/mol. The van der Waals surface area contributed by atoms with Crippen molar-refractivity contribution in [1.29, 1.82) is 0 Å². The van der Waals surface area contributed by atoms with Gasteiger partial charge in [0.1, 0.15) is 0 Å². The predicted octanol–water partition coefficient (Wildman–Crippen LogP) is 1.30. The topological polar surface area (TPSA) is 83.5 Å². The Balaban J connectivity index is 3.23. The van der Waals surface area contributed by atoms with Crippen LogP contribution in [0, 0.1) is 13.8 Å². The van der Waals surface area contributed by atoms with Gasteiger partial charge in [-0.25, -0.2) is 8.42 Å². The van der Waals surface area contributed by atoms with Gasteiger partial charge in [0, 0.05) is 0 Å². The zero-order valence-corrected chi connectivity index (χ0v) is 10.8. The Morgan fingerprint density at radius 1 is 1.35 bits per heavy atom. The Morgan fingerprint density at radius 2 is 1.94 bits per heavy atom. The molecule has 0 aliphatic rings. The molecular formula is C11H15NO4S. The third-order valence-corrected chi connectivity index (χ3v) is 3.05. The summed E-state index contributed by atoms with van der Waals surface area (Å²) in [4.78, 5) is 10.7. The van der Waals surface area contributed by atoms with Gasteiger partial charge in [-0.3, -0.25) is 9.52 Å². The van der Waals surface area contributed by atoms with Crippen LogP contribution in [0.3, 0.4) is 0 Å². The van der Waals surface area contributed by atoms with Gasteiger partial charge in [-0.2, -0.15) is 0 Å². The first-order chi connectivity index (χ1) is 7.70. The largest absolute Gasteiger partial charge is 0.481 e. The minimum absolute atomic E-state index is 0.114. The van der Waals surface area contributed by atoms with Crippen molar-refractivity contribution in [1.82, 2.24) is 0 Å². The highest BCUT2D eigenvalue weighted by Crippen LogP contribution is 2.23. The van der Waals surface area contributed by atoms with E-state index in [0.29, 0.717) is 16.8 Å².